The summed E-state index contributed by atoms with van der Waals surface area (Å²) in [5.74, 6) is 0. The Morgan fingerprint density at radius 1 is 1.00 bits per heavy atom. The Hall–Kier alpha value is -0.567. The van der Waals surface area contributed by atoms with Gasteiger partial charge in [-0.2, -0.15) is 0 Å². The van der Waals surface area contributed by atoms with Crippen molar-refractivity contribution < 1.29 is 4.79 Å². The monoisotopic (exact) mass is 266 g/mol. The Balaban J connectivity index is 3.01. The molecule has 0 radical (unpaired) electrons. The Morgan fingerprint density at radius 2 is 1.47 bits per heavy atom. The maximum absolute atomic E-state index is 12.4. The van der Waals surface area contributed by atoms with Crippen molar-refractivity contribution in [2.24, 2.45) is 0 Å². The Morgan fingerprint density at radius 3 is 1.87 bits per heavy atom. The van der Waals surface area contributed by atoms with Crippen molar-refractivity contribution in [1.29, 1.82) is 0 Å². The van der Waals surface area contributed by atoms with E-state index in [9.17, 15) is 4.79 Å². The molecule has 0 fully saturated rings. The van der Waals surface area contributed by atoms with Crippen LogP contribution in [-0.2, 0) is 0 Å². The molecule has 15 heavy (non-hydrogen) atoms. The average molecular weight is 265 g/mol. The number of carbonyl (C=O) groups excluding carboxylic acids is 1. The molecule has 0 aliphatic heterocycles. The van der Waals surface area contributed by atoms with E-state index in [0.717, 1.165) is 21.3 Å². The van der Waals surface area contributed by atoms with Gasteiger partial charge in [0.1, 0.15) is 0 Å². The molecule has 1 aromatic rings. The van der Waals surface area contributed by atoms with Crippen LogP contribution in [-0.4, -0.2) is 17.9 Å². The van der Waals surface area contributed by atoms with Gasteiger partial charge in [0.25, 0.3) is 0 Å². The molecule has 0 N–H and O–H groups in total. The second-order valence-electron chi connectivity index (χ2n) is 4.04. The van der Waals surface area contributed by atoms with Gasteiger partial charge in [-0.25, -0.2) is 0 Å². The van der Waals surface area contributed by atoms with Gasteiger partial charge in [0.05, 0.1) is 0 Å². The van der Waals surface area contributed by atoms with Gasteiger partial charge in [0.15, 0.2) is 0 Å². The van der Waals surface area contributed by atoms with Gasteiger partial charge >= 0.3 is 95.1 Å². The van der Waals surface area contributed by atoms with E-state index < -0.39 is 13.3 Å². The molecule has 0 aliphatic rings. The van der Waals surface area contributed by atoms with Crippen LogP contribution in [0.4, 0.5) is 0 Å². The van der Waals surface area contributed by atoms with Crippen molar-refractivity contribution in [3.05, 3.63) is 35.9 Å². The van der Waals surface area contributed by atoms with Crippen molar-refractivity contribution in [2.75, 3.05) is 0 Å². The summed E-state index contributed by atoms with van der Waals surface area (Å²) in [5, 5.41) is 3.34. The number of rotatable bonds is 5. The molecule has 0 atom stereocenters. The standard InChI is InChI=1S/C13H20GeO/c1-4-14(5-2,6-3)13(15)12-10-8-7-9-11-12/h7-11H,4-6H2,1-3H3. The zero-order chi connectivity index (χ0) is 11.3. The first kappa shape index (κ1) is 12.5. The molecule has 2 heteroatoms. The second-order valence-corrected chi connectivity index (χ2v) is 14.8. The Labute approximate surface area is 95.3 Å². The molecular weight excluding hydrogens is 245 g/mol. The second kappa shape index (κ2) is 5.50. The third kappa shape index (κ3) is 2.51. The van der Waals surface area contributed by atoms with E-state index in [1.54, 1.807) is 0 Å². The molecule has 0 unspecified atom stereocenters. The van der Waals surface area contributed by atoms with Crippen LogP contribution in [0, 0.1) is 0 Å². The van der Waals surface area contributed by atoms with Gasteiger partial charge in [-0.05, 0) is 0 Å². The fraction of sp³-hybridized carbons (Fsp3) is 0.462. The van der Waals surface area contributed by atoms with Gasteiger partial charge in [0, 0.05) is 0 Å². The van der Waals surface area contributed by atoms with Crippen LogP contribution in [0.25, 0.3) is 0 Å². The van der Waals surface area contributed by atoms with Crippen LogP contribution in [0.3, 0.4) is 0 Å². The zero-order valence-electron chi connectivity index (χ0n) is 9.92. The minimum absolute atomic E-state index is 0.489. The van der Waals surface area contributed by atoms with E-state index in [1.165, 1.54) is 0 Å². The van der Waals surface area contributed by atoms with Crippen LogP contribution in [0.15, 0.2) is 30.3 Å². The number of hydrogen-bond acceptors (Lipinski definition) is 1. The average Bonchev–Trinajstić information content (AvgIpc) is 2.33. The molecule has 0 bridgehead atoms. The summed E-state index contributed by atoms with van der Waals surface area (Å²) < 4.78 is 0.489. The molecule has 0 heterocycles. The van der Waals surface area contributed by atoms with Crippen molar-refractivity contribution in [2.45, 2.75) is 36.5 Å². The number of benzene rings is 1. The molecule has 0 spiro atoms. The van der Waals surface area contributed by atoms with Crippen molar-refractivity contribution in [1.82, 2.24) is 0 Å². The molecule has 82 valence electrons. The summed E-state index contributed by atoms with van der Waals surface area (Å²) >= 11 is -2.24. The summed E-state index contributed by atoms with van der Waals surface area (Å²) in [4.78, 5) is 12.4. The molecule has 1 nitrogen and oxygen atoms in total. The number of hydrogen-bond donors (Lipinski definition) is 0. The number of carbonyl (C=O) groups is 1. The van der Waals surface area contributed by atoms with E-state index in [-0.39, 0.29) is 0 Å². The third-order valence-corrected chi connectivity index (χ3v) is 14.7. The molecule has 0 saturated carbocycles. The summed E-state index contributed by atoms with van der Waals surface area (Å²) in [7, 11) is 0. The zero-order valence-corrected chi connectivity index (χ0v) is 12.0. The van der Waals surface area contributed by atoms with Gasteiger partial charge in [-0.3, -0.25) is 0 Å². The van der Waals surface area contributed by atoms with Crippen molar-refractivity contribution in [3.63, 3.8) is 0 Å². The molecular formula is C13H20GeO. The first-order valence-electron chi connectivity index (χ1n) is 5.80. The van der Waals surface area contributed by atoms with Gasteiger partial charge < -0.3 is 0 Å². The predicted molar refractivity (Wildman–Crippen MR) is 68.0 cm³/mol. The fourth-order valence-corrected chi connectivity index (χ4v) is 8.93. The molecule has 0 amide bonds. The normalized spacial score (nSPS) is 11.4. The molecule has 1 aromatic carbocycles. The van der Waals surface area contributed by atoms with Gasteiger partial charge in [-0.1, -0.05) is 0 Å². The van der Waals surface area contributed by atoms with Crippen LogP contribution in [0.5, 0.6) is 0 Å². The molecule has 0 aromatic heterocycles. The first-order valence-corrected chi connectivity index (χ1v) is 11.3. The topological polar surface area (TPSA) is 17.1 Å². The van der Waals surface area contributed by atoms with Gasteiger partial charge in [-0.15, -0.1) is 0 Å². The molecule has 1 rings (SSSR count). The van der Waals surface area contributed by atoms with E-state index in [4.69, 9.17) is 0 Å². The Bertz CT molecular complexity index is 306. The summed E-state index contributed by atoms with van der Waals surface area (Å²) in [5.41, 5.74) is 0.933. The van der Waals surface area contributed by atoms with Crippen molar-refractivity contribution >= 4 is 17.9 Å². The van der Waals surface area contributed by atoms with Crippen LogP contribution in [0.2, 0.25) is 15.8 Å². The van der Waals surface area contributed by atoms with Crippen LogP contribution >= 0.6 is 0 Å². The third-order valence-electron chi connectivity index (χ3n) is 3.55. The van der Waals surface area contributed by atoms with Gasteiger partial charge in [0.2, 0.25) is 0 Å². The minimum atomic E-state index is -2.24. The predicted octanol–water partition coefficient (Wildman–Crippen LogP) is 3.92. The van der Waals surface area contributed by atoms with E-state index >= 15 is 0 Å². The van der Waals surface area contributed by atoms with E-state index in [2.05, 4.69) is 20.8 Å². The summed E-state index contributed by atoms with van der Waals surface area (Å²) in [6.07, 6.45) is 0. The van der Waals surface area contributed by atoms with E-state index in [0.29, 0.717) is 4.62 Å². The SMILES string of the molecule is C[CH2][Ge]([CH2]C)([CH2]C)[C](=O)c1ccccc1. The fourth-order valence-electron chi connectivity index (χ4n) is 2.13. The molecule has 0 saturated heterocycles. The summed E-state index contributed by atoms with van der Waals surface area (Å²) in [6.45, 7) is 6.56. The van der Waals surface area contributed by atoms with Crippen LogP contribution < -0.4 is 0 Å². The first-order chi connectivity index (χ1) is 7.20. The van der Waals surface area contributed by atoms with Crippen molar-refractivity contribution in [3.8, 4) is 0 Å². The maximum atomic E-state index is 12.4. The molecule has 0 aliphatic carbocycles. The van der Waals surface area contributed by atoms with E-state index in [1.807, 2.05) is 30.3 Å². The summed E-state index contributed by atoms with van der Waals surface area (Å²) in [6, 6.07) is 9.81. The van der Waals surface area contributed by atoms with Crippen LogP contribution in [0.1, 0.15) is 31.1 Å². The quantitative estimate of drug-likeness (QED) is 0.737. The Kier molecular flexibility index (Phi) is 4.58.